The molecule has 3 rings (SSSR count). The van der Waals surface area contributed by atoms with E-state index in [1.54, 1.807) is 0 Å². The first-order chi connectivity index (χ1) is 9.38. The molecule has 102 valence electrons. The Bertz CT molecular complexity index is 518. The van der Waals surface area contributed by atoms with E-state index in [1.165, 1.54) is 4.88 Å². The van der Waals surface area contributed by atoms with Crippen LogP contribution in [-0.2, 0) is 19.4 Å². The van der Waals surface area contributed by atoms with Crippen LogP contribution in [0.15, 0.2) is 17.5 Å². The van der Waals surface area contributed by atoms with Gasteiger partial charge in [-0.15, -0.1) is 21.5 Å². The molecule has 0 aliphatic carbocycles. The third-order valence-corrected chi connectivity index (χ3v) is 4.64. The highest BCUT2D eigenvalue weighted by molar-refractivity contribution is 7.09. The van der Waals surface area contributed by atoms with Gasteiger partial charge in [-0.1, -0.05) is 13.0 Å². The first-order valence-corrected chi connectivity index (χ1v) is 7.94. The number of thiophene rings is 1. The Kier molecular flexibility index (Phi) is 3.94. The van der Waals surface area contributed by atoms with Gasteiger partial charge in [0.05, 0.1) is 6.04 Å². The smallest absolute Gasteiger partial charge is 0.150 e. The molecule has 1 aliphatic heterocycles. The van der Waals surface area contributed by atoms with Crippen molar-refractivity contribution in [2.75, 3.05) is 6.54 Å². The summed E-state index contributed by atoms with van der Waals surface area (Å²) in [5, 5.41) is 14.4. The van der Waals surface area contributed by atoms with Crippen LogP contribution in [0.1, 0.15) is 42.3 Å². The Morgan fingerprint density at radius 2 is 2.37 bits per heavy atom. The second-order valence-corrected chi connectivity index (χ2v) is 6.01. The predicted molar refractivity (Wildman–Crippen MR) is 77.4 cm³/mol. The number of hydrogen-bond acceptors (Lipinski definition) is 4. The van der Waals surface area contributed by atoms with Crippen LogP contribution in [-0.4, -0.2) is 21.3 Å². The van der Waals surface area contributed by atoms with Crippen LogP contribution >= 0.6 is 11.3 Å². The van der Waals surface area contributed by atoms with E-state index in [1.807, 2.05) is 11.3 Å². The molecule has 0 bridgehead atoms. The largest absolute Gasteiger partial charge is 0.312 e. The van der Waals surface area contributed by atoms with Crippen LogP contribution in [0.25, 0.3) is 0 Å². The van der Waals surface area contributed by atoms with Crippen molar-refractivity contribution in [1.29, 1.82) is 0 Å². The van der Waals surface area contributed by atoms with Gasteiger partial charge in [-0.3, -0.25) is 0 Å². The normalized spacial score (nSPS) is 18.5. The van der Waals surface area contributed by atoms with Crippen LogP contribution in [0.2, 0.25) is 0 Å². The number of aryl methyl sites for hydroxylation is 2. The lowest BCUT2D eigenvalue weighted by atomic mass is 10.1. The zero-order chi connectivity index (χ0) is 13.1. The zero-order valence-electron chi connectivity index (χ0n) is 11.3. The molecule has 1 unspecified atom stereocenters. The van der Waals surface area contributed by atoms with Crippen molar-refractivity contribution in [3.63, 3.8) is 0 Å². The molecule has 0 radical (unpaired) electrons. The molecule has 1 N–H and O–H groups in total. The summed E-state index contributed by atoms with van der Waals surface area (Å²) in [4.78, 5) is 1.46. The number of rotatable bonds is 5. The molecule has 4 nitrogen and oxygen atoms in total. The molecule has 0 spiro atoms. The topological polar surface area (TPSA) is 42.7 Å². The zero-order valence-corrected chi connectivity index (χ0v) is 12.1. The Morgan fingerprint density at radius 3 is 3.16 bits per heavy atom. The summed E-state index contributed by atoms with van der Waals surface area (Å²) < 4.78 is 2.32. The van der Waals surface area contributed by atoms with E-state index >= 15 is 0 Å². The van der Waals surface area contributed by atoms with Crippen molar-refractivity contribution < 1.29 is 0 Å². The van der Waals surface area contributed by atoms with Crippen LogP contribution in [0.5, 0.6) is 0 Å². The molecule has 2 aromatic heterocycles. The maximum atomic E-state index is 4.39. The highest BCUT2D eigenvalue weighted by Crippen LogP contribution is 2.20. The highest BCUT2D eigenvalue weighted by atomic mass is 32.1. The fourth-order valence-corrected chi connectivity index (χ4v) is 3.43. The number of hydrogen-bond donors (Lipinski definition) is 1. The molecular formula is C14H20N4S. The molecule has 5 heteroatoms. The minimum Gasteiger partial charge on any atom is -0.312 e. The fourth-order valence-electron chi connectivity index (χ4n) is 2.68. The van der Waals surface area contributed by atoms with E-state index in [-0.39, 0.29) is 0 Å². The molecular weight excluding hydrogens is 256 g/mol. The van der Waals surface area contributed by atoms with Crippen molar-refractivity contribution in [3.05, 3.63) is 34.0 Å². The third-order valence-electron chi connectivity index (χ3n) is 3.71. The molecule has 2 aromatic rings. The van der Waals surface area contributed by atoms with Crippen LogP contribution < -0.4 is 5.32 Å². The highest BCUT2D eigenvalue weighted by Gasteiger charge is 2.22. The number of nitrogens with zero attached hydrogens (tertiary/aromatic N) is 3. The monoisotopic (exact) mass is 276 g/mol. The number of aromatic nitrogens is 3. The van der Waals surface area contributed by atoms with E-state index in [0.717, 1.165) is 50.4 Å². The molecule has 0 saturated carbocycles. The van der Waals surface area contributed by atoms with Crippen molar-refractivity contribution >= 4 is 11.3 Å². The Labute approximate surface area is 117 Å². The van der Waals surface area contributed by atoms with Crippen molar-refractivity contribution in [3.8, 4) is 0 Å². The maximum absolute atomic E-state index is 4.39. The SMILES string of the molecule is CCC1NCCn2c(CCCc3cccs3)nnc21. The van der Waals surface area contributed by atoms with Crippen LogP contribution in [0.4, 0.5) is 0 Å². The van der Waals surface area contributed by atoms with Gasteiger partial charge in [0.1, 0.15) is 11.6 Å². The van der Waals surface area contributed by atoms with Gasteiger partial charge >= 0.3 is 0 Å². The molecule has 19 heavy (non-hydrogen) atoms. The molecule has 0 fully saturated rings. The number of nitrogens with one attached hydrogen (secondary N) is 1. The Balaban J connectivity index is 1.64. The van der Waals surface area contributed by atoms with Gasteiger partial charge in [-0.2, -0.15) is 0 Å². The predicted octanol–water partition coefficient (Wildman–Crippen LogP) is 2.57. The summed E-state index contributed by atoms with van der Waals surface area (Å²) in [6.45, 7) is 4.23. The van der Waals surface area contributed by atoms with Gasteiger partial charge in [0, 0.05) is 24.4 Å². The Morgan fingerprint density at radius 1 is 1.42 bits per heavy atom. The van der Waals surface area contributed by atoms with Gasteiger partial charge in [-0.05, 0) is 30.7 Å². The molecule has 1 atom stereocenters. The summed E-state index contributed by atoms with van der Waals surface area (Å²) in [5.41, 5.74) is 0. The fraction of sp³-hybridized carbons (Fsp3) is 0.571. The summed E-state index contributed by atoms with van der Waals surface area (Å²) in [6, 6.07) is 4.71. The van der Waals surface area contributed by atoms with E-state index in [4.69, 9.17) is 0 Å². The molecule has 0 saturated heterocycles. The van der Waals surface area contributed by atoms with Crippen LogP contribution in [0, 0.1) is 0 Å². The van der Waals surface area contributed by atoms with E-state index in [2.05, 4.69) is 44.5 Å². The van der Waals surface area contributed by atoms with Gasteiger partial charge in [0.25, 0.3) is 0 Å². The Hall–Kier alpha value is -1.20. The van der Waals surface area contributed by atoms with Gasteiger partial charge in [-0.25, -0.2) is 0 Å². The van der Waals surface area contributed by atoms with Crippen molar-refractivity contribution in [2.45, 2.75) is 45.2 Å². The molecule has 0 aromatic carbocycles. The summed E-state index contributed by atoms with van der Waals surface area (Å²) >= 11 is 1.84. The van der Waals surface area contributed by atoms with E-state index in [9.17, 15) is 0 Å². The van der Waals surface area contributed by atoms with Gasteiger partial charge in [0.2, 0.25) is 0 Å². The molecule has 0 amide bonds. The lowest BCUT2D eigenvalue weighted by Gasteiger charge is -2.24. The lowest BCUT2D eigenvalue weighted by molar-refractivity contribution is 0.399. The lowest BCUT2D eigenvalue weighted by Crippen LogP contribution is -2.33. The van der Waals surface area contributed by atoms with E-state index in [0.29, 0.717) is 6.04 Å². The average molecular weight is 276 g/mol. The standard InChI is InChI=1S/C14H20N4S/c1-2-12-14-17-16-13(18(14)9-8-15-12)7-3-5-11-6-4-10-19-11/h4,6,10,12,15H,2-3,5,7-9H2,1H3. The average Bonchev–Trinajstić information content (AvgIpc) is 3.08. The second-order valence-electron chi connectivity index (χ2n) is 4.97. The first-order valence-electron chi connectivity index (χ1n) is 7.06. The van der Waals surface area contributed by atoms with Gasteiger partial charge < -0.3 is 9.88 Å². The summed E-state index contributed by atoms with van der Waals surface area (Å²) in [5.74, 6) is 2.28. The maximum Gasteiger partial charge on any atom is 0.150 e. The minimum absolute atomic E-state index is 0.382. The third kappa shape index (κ3) is 2.72. The minimum atomic E-state index is 0.382. The quantitative estimate of drug-likeness (QED) is 0.912. The first kappa shape index (κ1) is 12.8. The summed E-state index contributed by atoms with van der Waals surface area (Å²) in [6.07, 6.45) is 4.41. The second kappa shape index (κ2) is 5.84. The van der Waals surface area contributed by atoms with Gasteiger partial charge in [0.15, 0.2) is 0 Å². The summed E-state index contributed by atoms with van der Waals surface area (Å²) in [7, 11) is 0. The van der Waals surface area contributed by atoms with Crippen molar-refractivity contribution in [2.24, 2.45) is 0 Å². The van der Waals surface area contributed by atoms with Crippen LogP contribution in [0.3, 0.4) is 0 Å². The molecule has 3 heterocycles. The van der Waals surface area contributed by atoms with E-state index < -0.39 is 0 Å². The number of fused-ring (bicyclic) bond motifs is 1. The van der Waals surface area contributed by atoms with Crippen molar-refractivity contribution in [1.82, 2.24) is 20.1 Å². The molecule has 1 aliphatic rings.